The van der Waals surface area contributed by atoms with Gasteiger partial charge in [0, 0.05) is 23.9 Å². The van der Waals surface area contributed by atoms with Gasteiger partial charge in [-0.15, -0.1) is 0 Å². The minimum Gasteiger partial charge on any atom is -0.497 e. The monoisotopic (exact) mass is 552 g/mol. The molecule has 2 heterocycles. The molecule has 0 fully saturated rings. The molecule has 3 aromatic carbocycles. The van der Waals surface area contributed by atoms with E-state index in [2.05, 4.69) is 20.8 Å². The van der Waals surface area contributed by atoms with E-state index in [9.17, 15) is 19.2 Å². The lowest BCUT2D eigenvalue weighted by Gasteiger charge is -2.15. The summed E-state index contributed by atoms with van der Waals surface area (Å²) in [5, 5.41) is 12.4. The number of amides is 2. The number of fused-ring (bicyclic) bond motifs is 1. The van der Waals surface area contributed by atoms with E-state index in [0.29, 0.717) is 30.2 Å². The third kappa shape index (κ3) is 5.93. The molecule has 208 valence electrons. The molecule has 5 aromatic rings. The Balaban J connectivity index is 1.53. The fourth-order valence-corrected chi connectivity index (χ4v) is 4.50. The van der Waals surface area contributed by atoms with Gasteiger partial charge in [-0.3, -0.25) is 24.0 Å². The van der Waals surface area contributed by atoms with Crippen LogP contribution in [0.25, 0.3) is 16.6 Å². The van der Waals surface area contributed by atoms with E-state index in [1.54, 1.807) is 37.3 Å². The maximum absolute atomic E-state index is 13.8. The van der Waals surface area contributed by atoms with Crippen LogP contribution in [-0.2, 0) is 17.8 Å². The first kappa shape index (κ1) is 27.1. The van der Waals surface area contributed by atoms with Crippen LogP contribution in [0.4, 0.5) is 5.82 Å². The third-order valence-electron chi connectivity index (χ3n) is 6.55. The molecular weight excluding hydrogens is 524 g/mol. The molecule has 0 atom stereocenters. The number of ether oxygens (including phenoxy) is 1. The molecule has 0 saturated carbocycles. The van der Waals surface area contributed by atoms with Gasteiger partial charge >= 0.3 is 5.69 Å². The largest absolute Gasteiger partial charge is 0.497 e. The zero-order chi connectivity index (χ0) is 28.9. The van der Waals surface area contributed by atoms with Gasteiger partial charge in [0.25, 0.3) is 11.5 Å². The number of aromatic amines is 1. The van der Waals surface area contributed by atoms with Crippen molar-refractivity contribution in [1.82, 2.24) is 24.6 Å². The van der Waals surface area contributed by atoms with E-state index in [4.69, 9.17) is 4.74 Å². The summed E-state index contributed by atoms with van der Waals surface area (Å²) < 4.78 is 7.36. The smallest absolute Gasteiger partial charge is 0.336 e. The number of aromatic nitrogens is 4. The summed E-state index contributed by atoms with van der Waals surface area (Å²) in [7, 11) is 1.51. The van der Waals surface area contributed by atoms with Crippen molar-refractivity contribution in [1.29, 1.82) is 0 Å². The number of hydrogen-bond donors (Lipinski definition) is 3. The highest BCUT2D eigenvalue weighted by atomic mass is 16.5. The number of aryl methyl sites for hydroxylation is 1. The molecule has 41 heavy (non-hydrogen) atoms. The number of nitrogens with zero attached hydrogens (tertiary/aromatic N) is 3. The Hall–Kier alpha value is -5.45. The van der Waals surface area contributed by atoms with E-state index in [1.165, 1.54) is 29.9 Å². The predicted molar refractivity (Wildman–Crippen MR) is 155 cm³/mol. The number of benzene rings is 3. The Labute approximate surface area is 234 Å². The number of nitrogens with one attached hydrogen (secondary N) is 3. The second-order valence-electron chi connectivity index (χ2n) is 9.42. The summed E-state index contributed by atoms with van der Waals surface area (Å²) in [4.78, 5) is 53.3. The molecule has 11 heteroatoms. The molecule has 0 unspecified atom stereocenters. The summed E-state index contributed by atoms with van der Waals surface area (Å²) in [5.41, 5.74) is 1.24. The Bertz CT molecular complexity index is 1840. The second-order valence-corrected chi connectivity index (χ2v) is 9.42. The third-order valence-corrected chi connectivity index (χ3v) is 6.55. The van der Waals surface area contributed by atoms with Crippen LogP contribution in [0.5, 0.6) is 5.75 Å². The molecule has 0 aliphatic rings. The first-order chi connectivity index (χ1) is 19.8. The molecule has 0 aliphatic carbocycles. The minimum absolute atomic E-state index is 0.161. The van der Waals surface area contributed by atoms with Gasteiger partial charge in [-0.05, 0) is 61.4 Å². The van der Waals surface area contributed by atoms with E-state index < -0.39 is 23.7 Å². The zero-order valence-electron chi connectivity index (χ0n) is 22.5. The lowest BCUT2D eigenvalue weighted by molar-refractivity contribution is -0.116. The molecule has 0 radical (unpaired) electrons. The average Bonchev–Trinajstić information content (AvgIpc) is 3.39. The summed E-state index contributed by atoms with van der Waals surface area (Å²) in [5.74, 6) is -0.0403. The standard InChI is InChI=1S/C30H28N6O5/c1-19-16-26(34-33-19)32-27(37)18-35-25-17-21(28(38)31-15-14-20-6-4-3-5-7-20)8-13-24(25)29(39)36(30(35)40)22-9-11-23(41-2)12-10-22/h3-13,16-17H,14-15,18H2,1-2H3,(H,31,38)(H2,32,33,34,37). The maximum Gasteiger partial charge on any atom is 0.336 e. The molecule has 0 aliphatic heterocycles. The van der Waals surface area contributed by atoms with Gasteiger partial charge in [0.2, 0.25) is 5.91 Å². The van der Waals surface area contributed by atoms with Crippen molar-refractivity contribution >= 4 is 28.5 Å². The highest BCUT2D eigenvalue weighted by Gasteiger charge is 2.19. The molecule has 3 N–H and O–H groups in total. The molecule has 2 amide bonds. The van der Waals surface area contributed by atoms with E-state index in [-0.39, 0.29) is 22.4 Å². The highest BCUT2D eigenvalue weighted by molar-refractivity contribution is 5.98. The van der Waals surface area contributed by atoms with E-state index >= 15 is 0 Å². The number of carbonyl (C=O) groups is 2. The number of hydrogen-bond acceptors (Lipinski definition) is 6. The number of carbonyl (C=O) groups excluding carboxylic acids is 2. The van der Waals surface area contributed by atoms with Crippen LogP contribution in [-0.4, -0.2) is 44.8 Å². The second kappa shape index (κ2) is 11.7. The van der Waals surface area contributed by atoms with Gasteiger partial charge in [-0.25, -0.2) is 9.36 Å². The normalized spacial score (nSPS) is 10.9. The van der Waals surface area contributed by atoms with Crippen molar-refractivity contribution in [2.45, 2.75) is 19.9 Å². The SMILES string of the molecule is COc1ccc(-n2c(=O)c3ccc(C(=O)NCCc4ccccc4)cc3n(CC(=O)Nc3cc(C)[nH]n3)c2=O)cc1. The van der Waals surface area contributed by atoms with Crippen LogP contribution in [0.3, 0.4) is 0 Å². The number of H-pyrrole nitrogens is 1. The van der Waals surface area contributed by atoms with Crippen LogP contribution in [0.15, 0.2) is 88.5 Å². The van der Waals surface area contributed by atoms with Crippen molar-refractivity contribution in [2.75, 3.05) is 19.0 Å². The van der Waals surface area contributed by atoms with Crippen molar-refractivity contribution < 1.29 is 14.3 Å². The fourth-order valence-electron chi connectivity index (χ4n) is 4.50. The molecular formula is C30H28N6O5. The summed E-state index contributed by atoms with van der Waals surface area (Å²) in [6.45, 7) is 1.77. The summed E-state index contributed by atoms with van der Waals surface area (Å²) in [6.07, 6.45) is 0.643. The molecule has 5 rings (SSSR count). The molecule has 0 bridgehead atoms. The van der Waals surface area contributed by atoms with E-state index in [1.807, 2.05) is 30.3 Å². The first-order valence-corrected chi connectivity index (χ1v) is 12.9. The topological polar surface area (TPSA) is 140 Å². The lowest BCUT2D eigenvalue weighted by atomic mass is 10.1. The van der Waals surface area contributed by atoms with Crippen LogP contribution in [0.2, 0.25) is 0 Å². The Morgan fingerprint density at radius 3 is 2.41 bits per heavy atom. The van der Waals surface area contributed by atoms with Crippen molar-refractivity contribution in [2.24, 2.45) is 0 Å². The van der Waals surface area contributed by atoms with Crippen molar-refractivity contribution in [3.05, 3.63) is 117 Å². The number of anilines is 1. The molecule has 2 aromatic heterocycles. The van der Waals surface area contributed by atoms with Gasteiger partial charge in [-0.2, -0.15) is 5.10 Å². The van der Waals surface area contributed by atoms with Crippen molar-refractivity contribution in [3.8, 4) is 11.4 Å². The Morgan fingerprint density at radius 1 is 0.976 bits per heavy atom. The highest BCUT2D eigenvalue weighted by Crippen LogP contribution is 2.16. The fraction of sp³-hybridized carbons (Fsp3) is 0.167. The summed E-state index contributed by atoms with van der Waals surface area (Å²) in [6, 6.07) is 22.3. The van der Waals surface area contributed by atoms with Crippen LogP contribution < -0.4 is 26.6 Å². The summed E-state index contributed by atoms with van der Waals surface area (Å²) >= 11 is 0. The predicted octanol–water partition coefficient (Wildman–Crippen LogP) is 2.80. The molecule has 11 nitrogen and oxygen atoms in total. The molecule has 0 spiro atoms. The van der Waals surface area contributed by atoms with Gasteiger partial charge in [0.05, 0.1) is 23.7 Å². The Morgan fingerprint density at radius 2 is 1.73 bits per heavy atom. The average molecular weight is 553 g/mol. The zero-order valence-corrected chi connectivity index (χ0v) is 22.5. The van der Waals surface area contributed by atoms with Gasteiger partial charge in [0.1, 0.15) is 12.3 Å². The first-order valence-electron chi connectivity index (χ1n) is 12.9. The van der Waals surface area contributed by atoms with Crippen molar-refractivity contribution in [3.63, 3.8) is 0 Å². The maximum atomic E-state index is 13.8. The lowest BCUT2D eigenvalue weighted by Crippen LogP contribution is -2.41. The van der Waals surface area contributed by atoms with Crippen LogP contribution >= 0.6 is 0 Å². The van der Waals surface area contributed by atoms with E-state index in [0.717, 1.165) is 15.8 Å². The van der Waals surface area contributed by atoms with Gasteiger partial charge in [-0.1, -0.05) is 30.3 Å². The minimum atomic E-state index is -0.734. The van der Waals surface area contributed by atoms with Gasteiger partial charge < -0.3 is 15.4 Å². The quantitative estimate of drug-likeness (QED) is 0.257. The number of methoxy groups -OCH3 is 1. The molecule has 0 saturated heterocycles. The van der Waals surface area contributed by atoms with Crippen LogP contribution in [0.1, 0.15) is 21.6 Å². The van der Waals surface area contributed by atoms with Crippen LogP contribution in [0, 0.1) is 6.92 Å². The number of rotatable bonds is 9. The Kier molecular flexibility index (Phi) is 7.77. The van der Waals surface area contributed by atoms with Gasteiger partial charge in [0.15, 0.2) is 5.82 Å².